The van der Waals surface area contributed by atoms with Crippen LogP contribution in [-0.4, -0.2) is 10.5 Å². The van der Waals surface area contributed by atoms with Gasteiger partial charge in [0, 0.05) is 11.2 Å². The molecule has 0 bridgehead atoms. The Bertz CT molecular complexity index is 933. The molecule has 0 atom stereocenters. The molecular weight excluding hydrogens is 382 g/mol. The molecule has 0 saturated heterocycles. The topological polar surface area (TPSA) is 74.9 Å². The third-order valence-electron chi connectivity index (χ3n) is 3.06. The molecule has 0 fully saturated rings. The molecule has 1 N–H and O–H groups in total. The molecule has 0 unspecified atom stereocenters. The van der Waals surface area contributed by atoms with Gasteiger partial charge in [-0.3, -0.25) is 9.59 Å². The van der Waals surface area contributed by atoms with Crippen LogP contribution in [0.3, 0.4) is 0 Å². The van der Waals surface area contributed by atoms with Crippen molar-refractivity contribution in [1.29, 1.82) is 5.26 Å². The number of amides is 1. The van der Waals surface area contributed by atoms with Crippen molar-refractivity contribution in [3.8, 4) is 6.07 Å². The van der Waals surface area contributed by atoms with Gasteiger partial charge >= 0.3 is 6.18 Å². The second-order valence-electron chi connectivity index (χ2n) is 4.86. The van der Waals surface area contributed by atoms with Gasteiger partial charge in [-0.15, -0.1) is 0 Å². The summed E-state index contributed by atoms with van der Waals surface area (Å²) in [4.78, 5) is 23.9. The summed E-state index contributed by atoms with van der Waals surface area (Å²) in [5.41, 5.74) is -1.93. The first-order valence-electron chi connectivity index (χ1n) is 6.58. The highest BCUT2D eigenvalue weighted by molar-refractivity contribution is 6.31. The number of alkyl halides is 3. The Kier molecular flexibility index (Phi) is 5.40. The number of hydrogen-bond acceptors (Lipinski definition) is 3. The zero-order chi connectivity index (χ0) is 18.8. The van der Waals surface area contributed by atoms with Crippen molar-refractivity contribution >= 4 is 34.8 Å². The number of aromatic nitrogens is 1. The molecule has 0 radical (unpaired) electrons. The van der Waals surface area contributed by atoms with Gasteiger partial charge in [-0.05, 0) is 24.3 Å². The van der Waals surface area contributed by atoms with E-state index in [4.69, 9.17) is 28.5 Å². The van der Waals surface area contributed by atoms with Gasteiger partial charge in [0.2, 0.25) is 5.91 Å². The van der Waals surface area contributed by atoms with Gasteiger partial charge in [-0.25, -0.2) is 0 Å². The smallest absolute Gasteiger partial charge is 0.323 e. The highest BCUT2D eigenvalue weighted by Crippen LogP contribution is 2.29. The predicted octanol–water partition coefficient (Wildman–Crippen LogP) is 3.68. The molecule has 25 heavy (non-hydrogen) atoms. The molecule has 2 aromatic rings. The standard InChI is InChI=1S/C15H8Cl2F3N3O2/c16-10-2-1-8(5-21)12(4-10)22-13(24)7-23-6-9(15(18,19)20)3-11(17)14(23)25/h1-4,6H,7H2,(H,22,24). The second kappa shape index (κ2) is 7.17. The lowest BCUT2D eigenvalue weighted by molar-refractivity contribution is -0.138. The van der Waals surface area contributed by atoms with Crippen molar-refractivity contribution in [3.63, 3.8) is 0 Å². The van der Waals surface area contributed by atoms with Crippen LogP contribution in [0.25, 0.3) is 0 Å². The number of carbonyl (C=O) groups is 1. The van der Waals surface area contributed by atoms with Gasteiger partial charge in [0.15, 0.2) is 0 Å². The first-order valence-corrected chi connectivity index (χ1v) is 7.34. The highest BCUT2D eigenvalue weighted by atomic mass is 35.5. The maximum atomic E-state index is 12.8. The van der Waals surface area contributed by atoms with Crippen LogP contribution in [0.15, 0.2) is 35.3 Å². The maximum Gasteiger partial charge on any atom is 0.417 e. The van der Waals surface area contributed by atoms with Gasteiger partial charge in [0.05, 0.1) is 16.8 Å². The lowest BCUT2D eigenvalue weighted by atomic mass is 10.2. The van der Waals surface area contributed by atoms with Crippen molar-refractivity contribution in [2.24, 2.45) is 0 Å². The number of anilines is 1. The maximum absolute atomic E-state index is 12.8. The quantitative estimate of drug-likeness (QED) is 0.869. The summed E-state index contributed by atoms with van der Waals surface area (Å²) in [5.74, 6) is -0.823. The molecule has 1 amide bonds. The Hall–Kier alpha value is -2.50. The number of nitrogens with one attached hydrogen (secondary N) is 1. The normalized spacial score (nSPS) is 11.0. The Morgan fingerprint density at radius 1 is 1.28 bits per heavy atom. The number of benzene rings is 1. The molecule has 0 saturated carbocycles. The fourth-order valence-corrected chi connectivity index (χ4v) is 2.33. The van der Waals surface area contributed by atoms with Crippen molar-refractivity contribution in [2.75, 3.05) is 5.32 Å². The zero-order valence-electron chi connectivity index (χ0n) is 12.2. The van der Waals surface area contributed by atoms with E-state index in [0.717, 1.165) is 0 Å². The van der Waals surface area contributed by atoms with Crippen molar-refractivity contribution < 1.29 is 18.0 Å². The molecule has 1 aromatic heterocycles. The molecule has 0 aliphatic rings. The van der Waals surface area contributed by atoms with Gasteiger partial charge in [0.25, 0.3) is 5.56 Å². The van der Waals surface area contributed by atoms with Crippen LogP contribution in [0, 0.1) is 11.3 Å². The minimum Gasteiger partial charge on any atom is -0.323 e. The Morgan fingerprint density at radius 3 is 2.56 bits per heavy atom. The molecule has 0 aliphatic carbocycles. The van der Waals surface area contributed by atoms with Gasteiger partial charge in [-0.1, -0.05) is 23.2 Å². The van der Waals surface area contributed by atoms with E-state index in [2.05, 4.69) is 5.32 Å². The summed E-state index contributed by atoms with van der Waals surface area (Å²) in [6, 6.07) is 6.43. The molecule has 1 heterocycles. The molecule has 1 aromatic carbocycles. The van der Waals surface area contributed by atoms with Crippen LogP contribution in [0.1, 0.15) is 11.1 Å². The highest BCUT2D eigenvalue weighted by Gasteiger charge is 2.32. The number of nitriles is 1. The van der Waals surface area contributed by atoms with Crippen molar-refractivity contribution in [3.05, 3.63) is 62.0 Å². The number of rotatable bonds is 3. The number of carbonyl (C=O) groups excluding carboxylic acids is 1. The Labute approximate surface area is 149 Å². The summed E-state index contributed by atoms with van der Waals surface area (Å²) in [7, 11) is 0. The van der Waals surface area contributed by atoms with Crippen LogP contribution in [0.2, 0.25) is 10.0 Å². The number of halogens is 5. The third-order valence-corrected chi connectivity index (χ3v) is 3.57. The SMILES string of the molecule is N#Cc1ccc(Cl)cc1NC(=O)Cn1cc(C(F)(F)F)cc(Cl)c1=O. The first-order chi connectivity index (χ1) is 11.6. The molecule has 2 rings (SSSR count). The summed E-state index contributed by atoms with van der Waals surface area (Å²) in [5, 5.41) is 10.9. The van der Waals surface area contributed by atoms with E-state index >= 15 is 0 Å². The van der Waals surface area contributed by atoms with Crippen LogP contribution in [-0.2, 0) is 17.5 Å². The van der Waals surface area contributed by atoms with Crippen molar-refractivity contribution in [2.45, 2.75) is 12.7 Å². The summed E-state index contributed by atoms with van der Waals surface area (Å²) >= 11 is 11.3. The van der Waals surface area contributed by atoms with Crippen LogP contribution in [0.4, 0.5) is 18.9 Å². The van der Waals surface area contributed by atoms with E-state index in [9.17, 15) is 22.8 Å². The first kappa shape index (κ1) is 18.8. The van der Waals surface area contributed by atoms with Gasteiger partial charge in [0.1, 0.15) is 17.6 Å². The Morgan fingerprint density at radius 2 is 1.96 bits per heavy atom. The average molecular weight is 390 g/mol. The van der Waals surface area contributed by atoms with Crippen LogP contribution < -0.4 is 10.9 Å². The number of pyridine rings is 1. The number of nitrogens with zero attached hydrogens (tertiary/aromatic N) is 2. The summed E-state index contributed by atoms with van der Waals surface area (Å²) in [6.07, 6.45) is -4.23. The lowest BCUT2D eigenvalue weighted by Gasteiger charge is -2.12. The minimum absolute atomic E-state index is 0.0751. The lowest BCUT2D eigenvalue weighted by Crippen LogP contribution is -2.29. The van der Waals surface area contributed by atoms with E-state index in [1.807, 2.05) is 6.07 Å². The molecule has 0 aliphatic heterocycles. The Balaban J connectivity index is 2.30. The largest absolute Gasteiger partial charge is 0.417 e. The van der Waals surface area contributed by atoms with Crippen LogP contribution >= 0.6 is 23.2 Å². The third kappa shape index (κ3) is 4.53. The second-order valence-corrected chi connectivity index (χ2v) is 5.70. The fraction of sp³-hybridized carbons (Fsp3) is 0.133. The van der Waals surface area contributed by atoms with Gasteiger partial charge < -0.3 is 9.88 Å². The predicted molar refractivity (Wildman–Crippen MR) is 85.5 cm³/mol. The van der Waals surface area contributed by atoms with E-state index in [0.29, 0.717) is 16.8 Å². The molecule has 0 spiro atoms. The van der Waals surface area contributed by atoms with E-state index in [1.54, 1.807) is 0 Å². The molecule has 130 valence electrons. The zero-order valence-corrected chi connectivity index (χ0v) is 13.7. The molecular formula is C15H8Cl2F3N3O2. The minimum atomic E-state index is -4.73. The van der Waals surface area contributed by atoms with E-state index in [-0.39, 0.29) is 16.3 Å². The van der Waals surface area contributed by atoms with E-state index < -0.39 is 34.8 Å². The van der Waals surface area contributed by atoms with Gasteiger partial charge in [-0.2, -0.15) is 18.4 Å². The van der Waals surface area contributed by atoms with E-state index in [1.165, 1.54) is 18.2 Å². The summed E-state index contributed by atoms with van der Waals surface area (Å²) in [6.45, 7) is -0.722. The molecule has 10 heteroatoms. The number of hydrogen-bond donors (Lipinski definition) is 1. The summed E-state index contributed by atoms with van der Waals surface area (Å²) < 4.78 is 38.9. The molecule has 5 nitrogen and oxygen atoms in total. The van der Waals surface area contributed by atoms with Crippen molar-refractivity contribution in [1.82, 2.24) is 4.57 Å². The average Bonchev–Trinajstić information content (AvgIpc) is 2.50. The van der Waals surface area contributed by atoms with Crippen LogP contribution in [0.5, 0.6) is 0 Å². The fourth-order valence-electron chi connectivity index (χ4n) is 1.93. The monoisotopic (exact) mass is 389 g/mol.